The highest BCUT2D eigenvalue weighted by atomic mass is 32.2. The molecule has 4 aromatic rings. The van der Waals surface area contributed by atoms with E-state index in [2.05, 4.69) is 16.8 Å². The van der Waals surface area contributed by atoms with Crippen LogP contribution < -0.4 is 4.90 Å². The van der Waals surface area contributed by atoms with Gasteiger partial charge in [0.2, 0.25) is 5.91 Å². The molecule has 0 radical (unpaired) electrons. The number of anilines is 1. The summed E-state index contributed by atoms with van der Waals surface area (Å²) in [6.07, 6.45) is 3.38. The third kappa shape index (κ3) is 4.84. The highest BCUT2D eigenvalue weighted by Crippen LogP contribution is 2.28. The smallest absolute Gasteiger partial charge is 0.237 e. The SMILES string of the molecule is C=CCN(C(=O)CSc1nnc(-c2ccccc2C)n1Cc1ccco1)c1ccccc1. The Morgan fingerprint density at radius 3 is 2.59 bits per heavy atom. The fourth-order valence-electron chi connectivity index (χ4n) is 3.41. The maximum Gasteiger partial charge on any atom is 0.237 e. The number of carbonyl (C=O) groups is 1. The van der Waals surface area contributed by atoms with Crippen molar-refractivity contribution in [1.29, 1.82) is 0 Å². The second kappa shape index (κ2) is 10.2. The fourth-order valence-corrected chi connectivity index (χ4v) is 4.23. The molecule has 0 spiro atoms. The number of carbonyl (C=O) groups excluding carboxylic acids is 1. The lowest BCUT2D eigenvalue weighted by Crippen LogP contribution is -2.32. The van der Waals surface area contributed by atoms with Gasteiger partial charge in [0.05, 0.1) is 18.6 Å². The lowest BCUT2D eigenvalue weighted by molar-refractivity contribution is -0.116. The number of amides is 1. The van der Waals surface area contributed by atoms with Gasteiger partial charge in [0.1, 0.15) is 5.76 Å². The second-order valence-electron chi connectivity index (χ2n) is 7.20. The molecular formula is C25H24N4O2S. The molecule has 0 fully saturated rings. The van der Waals surface area contributed by atoms with E-state index in [4.69, 9.17) is 4.42 Å². The predicted molar refractivity (Wildman–Crippen MR) is 128 cm³/mol. The first-order chi connectivity index (χ1) is 15.7. The summed E-state index contributed by atoms with van der Waals surface area (Å²) in [6, 6.07) is 21.4. The second-order valence-corrected chi connectivity index (χ2v) is 8.15. The zero-order valence-corrected chi connectivity index (χ0v) is 18.7. The molecule has 0 atom stereocenters. The Morgan fingerprint density at radius 2 is 1.88 bits per heavy atom. The highest BCUT2D eigenvalue weighted by Gasteiger charge is 2.20. The molecule has 4 rings (SSSR count). The molecule has 0 saturated heterocycles. The van der Waals surface area contributed by atoms with Crippen LogP contribution in [0.2, 0.25) is 0 Å². The summed E-state index contributed by atoms with van der Waals surface area (Å²) < 4.78 is 7.56. The van der Waals surface area contributed by atoms with Crippen molar-refractivity contribution in [3.8, 4) is 11.4 Å². The Morgan fingerprint density at radius 1 is 1.09 bits per heavy atom. The van der Waals surface area contributed by atoms with Crippen LogP contribution in [0.15, 0.2) is 95.2 Å². The number of para-hydroxylation sites is 1. The van der Waals surface area contributed by atoms with Gasteiger partial charge >= 0.3 is 0 Å². The van der Waals surface area contributed by atoms with Gasteiger partial charge in [-0.25, -0.2) is 0 Å². The maximum absolute atomic E-state index is 13.0. The summed E-state index contributed by atoms with van der Waals surface area (Å²) >= 11 is 1.37. The molecule has 0 aliphatic heterocycles. The van der Waals surface area contributed by atoms with Gasteiger partial charge in [0.15, 0.2) is 11.0 Å². The molecule has 2 aromatic heterocycles. The summed E-state index contributed by atoms with van der Waals surface area (Å²) in [7, 11) is 0. The molecule has 7 heteroatoms. The Labute approximate surface area is 191 Å². The van der Waals surface area contributed by atoms with E-state index in [1.807, 2.05) is 78.2 Å². The molecule has 32 heavy (non-hydrogen) atoms. The van der Waals surface area contributed by atoms with Crippen LogP contribution in [0, 0.1) is 6.92 Å². The lowest BCUT2D eigenvalue weighted by Gasteiger charge is -2.21. The van der Waals surface area contributed by atoms with Gasteiger partial charge in [-0.3, -0.25) is 9.36 Å². The van der Waals surface area contributed by atoms with Crippen LogP contribution in [-0.4, -0.2) is 33.0 Å². The van der Waals surface area contributed by atoms with Gasteiger partial charge in [0, 0.05) is 17.8 Å². The molecule has 162 valence electrons. The minimum atomic E-state index is -0.0221. The summed E-state index contributed by atoms with van der Waals surface area (Å²) in [5.74, 6) is 1.75. The van der Waals surface area contributed by atoms with Crippen molar-refractivity contribution in [2.24, 2.45) is 0 Å². The molecule has 2 aromatic carbocycles. The van der Waals surface area contributed by atoms with Crippen molar-refractivity contribution in [1.82, 2.24) is 14.8 Å². The minimum absolute atomic E-state index is 0.0221. The summed E-state index contributed by atoms with van der Waals surface area (Å²) in [6.45, 7) is 6.76. The van der Waals surface area contributed by atoms with Crippen molar-refractivity contribution in [2.45, 2.75) is 18.6 Å². The van der Waals surface area contributed by atoms with Crippen LogP contribution in [-0.2, 0) is 11.3 Å². The fraction of sp³-hybridized carbons (Fsp3) is 0.160. The summed E-state index contributed by atoms with van der Waals surface area (Å²) in [5, 5.41) is 9.53. The number of nitrogens with zero attached hydrogens (tertiary/aromatic N) is 4. The molecule has 6 nitrogen and oxygen atoms in total. The number of hydrogen-bond donors (Lipinski definition) is 0. The molecule has 1 amide bonds. The molecule has 0 aliphatic carbocycles. The van der Waals surface area contributed by atoms with Gasteiger partial charge in [-0.2, -0.15) is 0 Å². The highest BCUT2D eigenvalue weighted by molar-refractivity contribution is 7.99. The number of aryl methyl sites for hydroxylation is 1. The van der Waals surface area contributed by atoms with E-state index in [1.54, 1.807) is 17.2 Å². The monoisotopic (exact) mass is 444 g/mol. The molecule has 0 unspecified atom stereocenters. The third-order valence-electron chi connectivity index (χ3n) is 5.00. The Balaban J connectivity index is 1.60. The Kier molecular flexibility index (Phi) is 6.87. The minimum Gasteiger partial charge on any atom is -0.467 e. The first-order valence-corrected chi connectivity index (χ1v) is 11.3. The number of benzene rings is 2. The normalized spacial score (nSPS) is 10.8. The van der Waals surface area contributed by atoms with E-state index in [9.17, 15) is 4.79 Å². The molecule has 2 heterocycles. The van der Waals surface area contributed by atoms with Crippen LogP contribution in [0.25, 0.3) is 11.4 Å². The molecule has 0 bridgehead atoms. The lowest BCUT2D eigenvalue weighted by atomic mass is 10.1. The van der Waals surface area contributed by atoms with Gasteiger partial charge in [-0.05, 0) is 36.8 Å². The van der Waals surface area contributed by atoms with Crippen LogP contribution >= 0.6 is 11.8 Å². The number of hydrogen-bond acceptors (Lipinski definition) is 5. The largest absolute Gasteiger partial charge is 0.467 e. The van der Waals surface area contributed by atoms with Crippen molar-refractivity contribution < 1.29 is 9.21 Å². The van der Waals surface area contributed by atoms with Crippen LogP contribution in [0.5, 0.6) is 0 Å². The zero-order chi connectivity index (χ0) is 22.3. The Hall–Kier alpha value is -3.58. The Bertz CT molecular complexity index is 1190. The number of aromatic nitrogens is 3. The van der Waals surface area contributed by atoms with Gasteiger partial charge in [-0.15, -0.1) is 16.8 Å². The van der Waals surface area contributed by atoms with Crippen molar-refractivity contribution in [3.63, 3.8) is 0 Å². The van der Waals surface area contributed by atoms with Crippen LogP contribution in [0.3, 0.4) is 0 Å². The number of rotatable bonds is 9. The van der Waals surface area contributed by atoms with Crippen molar-refractivity contribution >= 4 is 23.4 Å². The molecular weight excluding hydrogens is 420 g/mol. The topological polar surface area (TPSA) is 64.2 Å². The molecule has 0 N–H and O–H groups in total. The number of thioether (sulfide) groups is 1. The van der Waals surface area contributed by atoms with E-state index >= 15 is 0 Å². The average Bonchev–Trinajstić information content (AvgIpc) is 3.47. The first kappa shape index (κ1) is 21.6. The van der Waals surface area contributed by atoms with Crippen molar-refractivity contribution in [2.75, 3.05) is 17.2 Å². The quantitative estimate of drug-likeness (QED) is 0.262. The van der Waals surface area contributed by atoms with Crippen LogP contribution in [0.4, 0.5) is 5.69 Å². The van der Waals surface area contributed by atoms with E-state index in [0.29, 0.717) is 18.2 Å². The first-order valence-electron chi connectivity index (χ1n) is 10.3. The van der Waals surface area contributed by atoms with E-state index in [0.717, 1.165) is 28.4 Å². The standard InChI is InChI=1S/C25H24N4O2S/c1-3-15-28(20-11-5-4-6-12-20)23(30)18-32-25-27-26-24(22-14-8-7-10-19(22)2)29(25)17-21-13-9-16-31-21/h3-14,16H,1,15,17-18H2,2H3. The van der Waals surface area contributed by atoms with E-state index in [1.165, 1.54) is 11.8 Å². The van der Waals surface area contributed by atoms with E-state index in [-0.39, 0.29) is 11.7 Å². The summed E-state index contributed by atoms with van der Waals surface area (Å²) in [5.41, 5.74) is 2.95. The van der Waals surface area contributed by atoms with Gasteiger partial charge in [0.25, 0.3) is 0 Å². The summed E-state index contributed by atoms with van der Waals surface area (Å²) in [4.78, 5) is 14.8. The van der Waals surface area contributed by atoms with E-state index < -0.39 is 0 Å². The third-order valence-corrected chi connectivity index (χ3v) is 5.95. The van der Waals surface area contributed by atoms with Crippen molar-refractivity contribution in [3.05, 3.63) is 97.0 Å². The average molecular weight is 445 g/mol. The number of furan rings is 1. The zero-order valence-electron chi connectivity index (χ0n) is 17.8. The molecule has 0 saturated carbocycles. The predicted octanol–water partition coefficient (Wildman–Crippen LogP) is 5.21. The maximum atomic E-state index is 13.0. The van der Waals surface area contributed by atoms with Gasteiger partial charge < -0.3 is 9.32 Å². The molecule has 0 aliphatic rings. The van der Waals surface area contributed by atoms with Crippen LogP contribution in [0.1, 0.15) is 11.3 Å². The van der Waals surface area contributed by atoms with Gasteiger partial charge in [-0.1, -0.05) is 60.3 Å².